The number of hydrogen-bond acceptors (Lipinski definition) is 3. The van der Waals surface area contributed by atoms with Crippen molar-refractivity contribution in [2.24, 2.45) is 0 Å². The van der Waals surface area contributed by atoms with Crippen LogP contribution in [0.2, 0.25) is 0 Å². The Kier molecular flexibility index (Phi) is 7.82. The maximum Gasteiger partial charge on any atom is 0.251 e. The lowest BCUT2D eigenvalue weighted by Gasteiger charge is -2.34. The molecule has 1 heterocycles. The van der Waals surface area contributed by atoms with Crippen molar-refractivity contribution in [2.75, 3.05) is 19.6 Å². The number of nitrogens with one attached hydrogen (secondary N) is 2. The summed E-state index contributed by atoms with van der Waals surface area (Å²) in [6.07, 6.45) is 2.20. The van der Waals surface area contributed by atoms with Crippen molar-refractivity contribution in [3.05, 3.63) is 71.3 Å². The molecule has 6 heteroatoms. The number of piperidine rings is 1. The number of aryl methyl sites for hydroxylation is 1. The Morgan fingerprint density at radius 1 is 1.00 bits per heavy atom. The topological polar surface area (TPSA) is 78.5 Å². The number of carbonyl (C=O) groups is 3. The molecule has 3 rings (SSSR count). The largest absolute Gasteiger partial charge is 0.352 e. The summed E-state index contributed by atoms with van der Waals surface area (Å²) in [4.78, 5) is 39.4. The highest BCUT2D eigenvalue weighted by Gasteiger charge is 2.28. The van der Waals surface area contributed by atoms with E-state index in [-0.39, 0.29) is 36.2 Å². The first kappa shape index (κ1) is 22.5. The Hall–Kier alpha value is -3.15. The van der Waals surface area contributed by atoms with Crippen molar-refractivity contribution in [2.45, 2.75) is 45.1 Å². The molecule has 31 heavy (non-hydrogen) atoms. The minimum atomic E-state index is -0.250. The van der Waals surface area contributed by atoms with Crippen LogP contribution >= 0.6 is 0 Å². The number of likely N-dealkylation sites (tertiary alicyclic amines) is 1. The molecule has 1 aliphatic rings. The van der Waals surface area contributed by atoms with E-state index < -0.39 is 0 Å². The zero-order chi connectivity index (χ0) is 22.2. The van der Waals surface area contributed by atoms with Crippen molar-refractivity contribution < 1.29 is 14.4 Å². The van der Waals surface area contributed by atoms with E-state index in [1.54, 1.807) is 12.1 Å². The van der Waals surface area contributed by atoms with E-state index in [1.165, 1.54) is 0 Å². The van der Waals surface area contributed by atoms with E-state index in [0.29, 0.717) is 31.5 Å². The Bertz CT molecular complexity index is 905. The smallest absolute Gasteiger partial charge is 0.251 e. The van der Waals surface area contributed by atoms with Gasteiger partial charge in [0.2, 0.25) is 11.8 Å². The first-order valence-corrected chi connectivity index (χ1v) is 11.0. The number of hydrogen-bond donors (Lipinski definition) is 2. The van der Waals surface area contributed by atoms with Crippen LogP contribution in [-0.2, 0) is 9.59 Å². The lowest BCUT2D eigenvalue weighted by Crippen LogP contribution is -2.49. The van der Waals surface area contributed by atoms with Crippen LogP contribution in [0, 0.1) is 6.92 Å². The van der Waals surface area contributed by atoms with Gasteiger partial charge in [-0.3, -0.25) is 14.4 Å². The highest BCUT2D eigenvalue weighted by Crippen LogP contribution is 2.24. The minimum Gasteiger partial charge on any atom is -0.352 e. The maximum absolute atomic E-state index is 13.0. The van der Waals surface area contributed by atoms with E-state index in [1.807, 2.05) is 61.2 Å². The lowest BCUT2D eigenvalue weighted by molar-refractivity contribution is -0.134. The van der Waals surface area contributed by atoms with E-state index in [9.17, 15) is 14.4 Å². The fraction of sp³-hybridized carbons (Fsp3) is 0.400. The normalized spacial score (nSPS) is 15.2. The fourth-order valence-electron chi connectivity index (χ4n) is 4.06. The Balaban J connectivity index is 1.44. The van der Waals surface area contributed by atoms with Crippen LogP contribution in [-0.4, -0.2) is 48.3 Å². The van der Waals surface area contributed by atoms with Crippen molar-refractivity contribution in [1.82, 2.24) is 15.5 Å². The second kappa shape index (κ2) is 10.8. The molecule has 1 aliphatic heterocycles. The first-order chi connectivity index (χ1) is 15.0. The van der Waals surface area contributed by atoms with Gasteiger partial charge in [0.1, 0.15) is 0 Å². The SMILES string of the molecule is CCC(C(=O)N1CCC(NC(=O)CNC(=O)c2ccccc2C)CC1)c1ccccc1. The third kappa shape index (κ3) is 5.94. The molecular formula is C25H31N3O3. The lowest BCUT2D eigenvalue weighted by atomic mass is 9.93. The van der Waals surface area contributed by atoms with Gasteiger partial charge in [0.15, 0.2) is 0 Å². The number of nitrogens with zero attached hydrogens (tertiary/aromatic N) is 1. The average Bonchev–Trinajstić information content (AvgIpc) is 2.79. The van der Waals surface area contributed by atoms with Crippen LogP contribution in [0.5, 0.6) is 0 Å². The van der Waals surface area contributed by atoms with Crippen LogP contribution in [0.1, 0.15) is 53.6 Å². The van der Waals surface area contributed by atoms with E-state index in [2.05, 4.69) is 10.6 Å². The van der Waals surface area contributed by atoms with Crippen molar-refractivity contribution in [3.63, 3.8) is 0 Å². The highest BCUT2D eigenvalue weighted by atomic mass is 16.2. The first-order valence-electron chi connectivity index (χ1n) is 11.0. The van der Waals surface area contributed by atoms with Crippen molar-refractivity contribution in [1.29, 1.82) is 0 Å². The third-order valence-electron chi connectivity index (χ3n) is 5.88. The minimum absolute atomic E-state index is 0.0173. The molecule has 0 aromatic heterocycles. The Labute approximate surface area is 184 Å². The number of amides is 3. The average molecular weight is 422 g/mol. The van der Waals surface area contributed by atoms with Crippen LogP contribution in [0.15, 0.2) is 54.6 Å². The zero-order valence-electron chi connectivity index (χ0n) is 18.3. The summed E-state index contributed by atoms with van der Waals surface area (Å²) < 4.78 is 0. The quantitative estimate of drug-likeness (QED) is 0.721. The summed E-state index contributed by atoms with van der Waals surface area (Å²) in [5.41, 5.74) is 2.50. The van der Waals surface area contributed by atoms with Crippen LogP contribution in [0.25, 0.3) is 0 Å². The summed E-state index contributed by atoms with van der Waals surface area (Å²) in [5.74, 6) is -0.421. The Morgan fingerprint density at radius 2 is 1.65 bits per heavy atom. The highest BCUT2D eigenvalue weighted by molar-refractivity contribution is 5.97. The molecule has 3 amide bonds. The molecule has 0 saturated carbocycles. The van der Waals surface area contributed by atoms with Gasteiger partial charge in [-0.1, -0.05) is 55.5 Å². The molecule has 6 nitrogen and oxygen atoms in total. The van der Waals surface area contributed by atoms with Crippen LogP contribution in [0.4, 0.5) is 0 Å². The van der Waals surface area contributed by atoms with Gasteiger partial charge in [-0.2, -0.15) is 0 Å². The standard InChI is InChI=1S/C25H31N3O3/c1-3-21(19-10-5-4-6-11-19)25(31)28-15-13-20(14-16-28)27-23(29)17-26-24(30)22-12-8-7-9-18(22)2/h4-12,20-21H,3,13-17H2,1-2H3,(H,26,30)(H,27,29). The molecule has 1 unspecified atom stereocenters. The predicted molar refractivity (Wildman–Crippen MR) is 121 cm³/mol. The fourth-order valence-corrected chi connectivity index (χ4v) is 4.06. The van der Waals surface area contributed by atoms with Gasteiger partial charge in [-0.05, 0) is 43.4 Å². The van der Waals surface area contributed by atoms with E-state index in [4.69, 9.17) is 0 Å². The summed E-state index contributed by atoms with van der Waals surface area (Å²) in [6, 6.07) is 17.2. The van der Waals surface area contributed by atoms with Crippen LogP contribution < -0.4 is 10.6 Å². The summed E-state index contributed by atoms with van der Waals surface area (Å²) in [5, 5.41) is 5.66. The molecule has 1 atom stereocenters. The number of benzene rings is 2. The van der Waals surface area contributed by atoms with Gasteiger partial charge in [-0.15, -0.1) is 0 Å². The monoisotopic (exact) mass is 421 g/mol. The summed E-state index contributed by atoms with van der Waals surface area (Å²) in [6.45, 7) is 5.10. The maximum atomic E-state index is 13.0. The van der Waals surface area contributed by atoms with Gasteiger partial charge in [0.05, 0.1) is 12.5 Å². The van der Waals surface area contributed by atoms with E-state index in [0.717, 1.165) is 17.5 Å². The third-order valence-corrected chi connectivity index (χ3v) is 5.88. The van der Waals surface area contributed by atoms with Crippen molar-refractivity contribution >= 4 is 17.7 Å². The molecule has 0 aliphatic carbocycles. The van der Waals surface area contributed by atoms with Crippen LogP contribution in [0.3, 0.4) is 0 Å². The number of rotatable bonds is 7. The van der Waals surface area contributed by atoms with Crippen molar-refractivity contribution in [3.8, 4) is 0 Å². The Morgan fingerprint density at radius 3 is 2.29 bits per heavy atom. The second-order valence-corrected chi connectivity index (χ2v) is 8.04. The van der Waals surface area contributed by atoms with Gasteiger partial charge in [0, 0.05) is 24.7 Å². The predicted octanol–water partition coefficient (Wildman–Crippen LogP) is 3.03. The summed E-state index contributed by atoms with van der Waals surface area (Å²) in [7, 11) is 0. The zero-order valence-corrected chi connectivity index (χ0v) is 18.3. The molecule has 1 saturated heterocycles. The van der Waals surface area contributed by atoms with Gasteiger partial charge in [0.25, 0.3) is 5.91 Å². The van der Waals surface area contributed by atoms with E-state index >= 15 is 0 Å². The molecule has 164 valence electrons. The molecule has 0 spiro atoms. The molecule has 1 fully saturated rings. The molecule has 2 N–H and O–H groups in total. The molecule has 2 aromatic rings. The van der Waals surface area contributed by atoms with Gasteiger partial charge in [-0.25, -0.2) is 0 Å². The summed E-state index contributed by atoms with van der Waals surface area (Å²) >= 11 is 0. The molecule has 2 aromatic carbocycles. The van der Waals surface area contributed by atoms with Gasteiger partial charge >= 0.3 is 0 Å². The second-order valence-electron chi connectivity index (χ2n) is 8.04. The van der Waals surface area contributed by atoms with Gasteiger partial charge < -0.3 is 15.5 Å². The molecule has 0 radical (unpaired) electrons. The molecule has 0 bridgehead atoms. The number of carbonyl (C=O) groups excluding carboxylic acids is 3. The molecular weight excluding hydrogens is 390 g/mol.